The van der Waals surface area contributed by atoms with Gasteiger partial charge in [-0.3, -0.25) is 4.99 Å². The lowest BCUT2D eigenvalue weighted by atomic mass is 10.1. The molecule has 0 bridgehead atoms. The third-order valence-corrected chi connectivity index (χ3v) is 3.19. The van der Waals surface area contributed by atoms with Crippen LogP contribution in [0.1, 0.15) is 18.2 Å². The molecule has 5 heteroatoms. The first-order valence-corrected chi connectivity index (χ1v) is 7.70. The van der Waals surface area contributed by atoms with E-state index >= 15 is 0 Å². The normalized spacial score (nSPS) is 11.1. The molecule has 1 aromatic heterocycles. The van der Waals surface area contributed by atoms with Crippen molar-refractivity contribution in [2.24, 2.45) is 4.99 Å². The van der Waals surface area contributed by atoms with Crippen LogP contribution in [0.15, 0.2) is 39.9 Å². The zero-order valence-corrected chi connectivity index (χ0v) is 13.6. The number of aromatic nitrogens is 1. The number of nitrogens with zero attached hydrogens (tertiary/aromatic N) is 2. The highest BCUT2D eigenvalue weighted by atomic mass is 16.3. The van der Waals surface area contributed by atoms with E-state index in [-0.39, 0.29) is 0 Å². The van der Waals surface area contributed by atoms with E-state index in [2.05, 4.69) is 33.5 Å². The minimum absolute atomic E-state index is 0.452. The van der Waals surface area contributed by atoms with Crippen LogP contribution < -0.4 is 10.6 Å². The summed E-state index contributed by atoms with van der Waals surface area (Å²) < 4.78 is 5.54. The minimum atomic E-state index is 0.452. The average molecular weight is 310 g/mol. The number of hydrogen-bond donors (Lipinski definition) is 2. The van der Waals surface area contributed by atoms with Crippen molar-refractivity contribution in [3.63, 3.8) is 0 Å². The van der Waals surface area contributed by atoms with Crippen molar-refractivity contribution in [3.8, 4) is 23.8 Å². The van der Waals surface area contributed by atoms with Gasteiger partial charge in [-0.05, 0) is 26.0 Å². The lowest BCUT2D eigenvalue weighted by Crippen LogP contribution is -2.37. The Morgan fingerprint density at radius 2 is 2.09 bits per heavy atom. The summed E-state index contributed by atoms with van der Waals surface area (Å²) in [4.78, 5) is 8.96. The van der Waals surface area contributed by atoms with E-state index in [9.17, 15) is 0 Å². The Morgan fingerprint density at radius 1 is 1.30 bits per heavy atom. The molecule has 2 N–H and O–H groups in total. The SMILES string of the molecule is C#CCNC(=NCCc1coc(-c2ccc(C)cc2)n1)NCC. The fraction of sp³-hybridized carbons (Fsp3) is 0.333. The van der Waals surface area contributed by atoms with E-state index in [1.807, 2.05) is 31.2 Å². The summed E-state index contributed by atoms with van der Waals surface area (Å²) >= 11 is 0. The van der Waals surface area contributed by atoms with Crippen LogP contribution in [0.25, 0.3) is 11.5 Å². The van der Waals surface area contributed by atoms with Gasteiger partial charge in [-0.15, -0.1) is 6.42 Å². The van der Waals surface area contributed by atoms with Crippen molar-refractivity contribution in [1.29, 1.82) is 0 Å². The molecule has 0 spiro atoms. The van der Waals surface area contributed by atoms with E-state index in [1.165, 1.54) is 5.56 Å². The maximum absolute atomic E-state index is 5.54. The summed E-state index contributed by atoms with van der Waals surface area (Å²) in [6.45, 7) is 5.92. The summed E-state index contributed by atoms with van der Waals surface area (Å²) in [5, 5.41) is 6.19. The zero-order chi connectivity index (χ0) is 16.5. The van der Waals surface area contributed by atoms with Crippen molar-refractivity contribution in [3.05, 3.63) is 41.8 Å². The first-order valence-electron chi connectivity index (χ1n) is 7.70. The Balaban J connectivity index is 1.93. The van der Waals surface area contributed by atoms with Gasteiger partial charge < -0.3 is 15.1 Å². The number of oxazole rings is 1. The average Bonchev–Trinajstić information content (AvgIpc) is 3.02. The van der Waals surface area contributed by atoms with E-state index in [0.717, 1.165) is 17.8 Å². The lowest BCUT2D eigenvalue weighted by Gasteiger charge is -2.08. The predicted octanol–water partition coefficient (Wildman–Crippen LogP) is 2.38. The van der Waals surface area contributed by atoms with Crippen LogP contribution >= 0.6 is 0 Å². The molecule has 120 valence electrons. The number of guanidine groups is 1. The van der Waals surface area contributed by atoms with Crippen LogP contribution in [0.3, 0.4) is 0 Å². The molecule has 0 saturated carbocycles. The van der Waals surface area contributed by atoms with Crippen molar-refractivity contribution in [2.45, 2.75) is 20.3 Å². The maximum atomic E-state index is 5.54. The molecule has 2 aromatic rings. The first kappa shape index (κ1) is 16.6. The summed E-state index contributed by atoms with van der Waals surface area (Å²) in [7, 11) is 0. The van der Waals surface area contributed by atoms with Crippen LogP contribution in [-0.2, 0) is 6.42 Å². The van der Waals surface area contributed by atoms with E-state index in [0.29, 0.717) is 31.4 Å². The number of aliphatic imine (C=N–C) groups is 1. The highest BCUT2D eigenvalue weighted by molar-refractivity contribution is 5.79. The van der Waals surface area contributed by atoms with Gasteiger partial charge in [0.15, 0.2) is 5.96 Å². The highest BCUT2D eigenvalue weighted by Crippen LogP contribution is 2.19. The summed E-state index contributed by atoms with van der Waals surface area (Å²) in [6.07, 6.45) is 7.64. The monoisotopic (exact) mass is 310 g/mol. The molecule has 0 atom stereocenters. The fourth-order valence-electron chi connectivity index (χ4n) is 2.01. The topological polar surface area (TPSA) is 62.5 Å². The molecular weight excluding hydrogens is 288 g/mol. The second-order valence-corrected chi connectivity index (χ2v) is 5.08. The Labute approximate surface area is 137 Å². The molecule has 0 fully saturated rings. The Kier molecular flexibility index (Phi) is 6.25. The third kappa shape index (κ3) is 5.19. The standard InChI is InChI=1S/C18H22N4O/c1-4-11-20-18(19-5-2)21-12-10-16-13-23-17(22-16)15-8-6-14(3)7-9-15/h1,6-9,13H,5,10-12H2,2-3H3,(H2,19,20,21). The van der Waals surface area contributed by atoms with E-state index in [4.69, 9.17) is 10.8 Å². The molecule has 0 aliphatic rings. The molecule has 5 nitrogen and oxygen atoms in total. The number of nitrogens with one attached hydrogen (secondary N) is 2. The molecule has 1 aromatic carbocycles. The number of terminal acetylenes is 1. The summed E-state index contributed by atoms with van der Waals surface area (Å²) in [5.41, 5.74) is 3.08. The number of hydrogen-bond acceptors (Lipinski definition) is 3. The largest absolute Gasteiger partial charge is 0.444 e. The molecule has 1 heterocycles. The van der Waals surface area contributed by atoms with Gasteiger partial charge in [-0.2, -0.15) is 0 Å². The van der Waals surface area contributed by atoms with Gasteiger partial charge in [0.2, 0.25) is 5.89 Å². The quantitative estimate of drug-likeness (QED) is 0.488. The van der Waals surface area contributed by atoms with Crippen molar-refractivity contribution >= 4 is 5.96 Å². The van der Waals surface area contributed by atoms with Crippen LogP contribution in [0, 0.1) is 19.3 Å². The van der Waals surface area contributed by atoms with Gasteiger partial charge in [0, 0.05) is 25.1 Å². The molecule has 0 amide bonds. The second-order valence-electron chi connectivity index (χ2n) is 5.08. The predicted molar refractivity (Wildman–Crippen MR) is 93.2 cm³/mol. The van der Waals surface area contributed by atoms with Crippen molar-refractivity contribution < 1.29 is 4.42 Å². The maximum Gasteiger partial charge on any atom is 0.226 e. The molecule has 2 rings (SSSR count). The van der Waals surface area contributed by atoms with Crippen molar-refractivity contribution in [2.75, 3.05) is 19.6 Å². The Morgan fingerprint density at radius 3 is 2.78 bits per heavy atom. The molecule has 0 aliphatic heterocycles. The van der Waals surface area contributed by atoms with Gasteiger partial charge in [-0.25, -0.2) is 4.98 Å². The third-order valence-electron chi connectivity index (χ3n) is 3.19. The second kappa shape index (κ2) is 8.64. The molecular formula is C18H22N4O. The summed E-state index contributed by atoms with van der Waals surface area (Å²) in [5.74, 6) is 3.89. The fourth-order valence-corrected chi connectivity index (χ4v) is 2.01. The number of benzene rings is 1. The number of rotatable bonds is 6. The van der Waals surface area contributed by atoms with Gasteiger partial charge in [0.1, 0.15) is 6.26 Å². The molecule has 0 saturated heterocycles. The Hall–Kier alpha value is -2.74. The van der Waals surface area contributed by atoms with Crippen molar-refractivity contribution in [1.82, 2.24) is 15.6 Å². The first-order chi connectivity index (χ1) is 11.2. The minimum Gasteiger partial charge on any atom is -0.444 e. The van der Waals surface area contributed by atoms with E-state index in [1.54, 1.807) is 6.26 Å². The Bertz CT molecular complexity index is 680. The van der Waals surface area contributed by atoms with Gasteiger partial charge in [-0.1, -0.05) is 23.6 Å². The van der Waals surface area contributed by atoms with E-state index < -0.39 is 0 Å². The van der Waals surface area contributed by atoms with Gasteiger partial charge in [0.05, 0.1) is 12.2 Å². The van der Waals surface area contributed by atoms with Gasteiger partial charge in [0.25, 0.3) is 0 Å². The van der Waals surface area contributed by atoms with Crippen LogP contribution in [0.2, 0.25) is 0 Å². The lowest BCUT2D eigenvalue weighted by molar-refractivity contribution is 0.572. The highest BCUT2D eigenvalue weighted by Gasteiger charge is 2.06. The smallest absolute Gasteiger partial charge is 0.226 e. The van der Waals surface area contributed by atoms with Crippen LogP contribution in [0.4, 0.5) is 0 Å². The summed E-state index contributed by atoms with van der Waals surface area (Å²) in [6, 6.07) is 8.11. The van der Waals surface area contributed by atoms with Crippen LogP contribution in [-0.4, -0.2) is 30.6 Å². The molecule has 0 radical (unpaired) electrons. The van der Waals surface area contributed by atoms with Crippen LogP contribution in [0.5, 0.6) is 0 Å². The molecule has 23 heavy (non-hydrogen) atoms. The molecule has 0 aliphatic carbocycles. The number of aryl methyl sites for hydroxylation is 1. The van der Waals surface area contributed by atoms with Gasteiger partial charge >= 0.3 is 0 Å². The molecule has 0 unspecified atom stereocenters. The zero-order valence-electron chi connectivity index (χ0n) is 13.6.